The van der Waals surface area contributed by atoms with Crippen LogP contribution in [-0.2, 0) is 11.2 Å². The fourth-order valence-corrected chi connectivity index (χ4v) is 2.44. The lowest BCUT2D eigenvalue weighted by Crippen LogP contribution is -2.44. The molecule has 24 heavy (non-hydrogen) atoms. The van der Waals surface area contributed by atoms with Crippen molar-refractivity contribution < 1.29 is 9.18 Å². The molecule has 0 spiro atoms. The van der Waals surface area contributed by atoms with Crippen molar-refractivity contribution in [2.24, 2.45) is 0 Å². The molecule has 0 aliphatic carbocycles. The fourth-order valence-electron chi connectivity index (χ4n) is 1.87. The normalized spacial score (nSPS) is 10.2. The van der Waals surface area contributed by atoms with Crippen LogP contribution in [-0.4, -0.2) is 11.0 Å². The zero-order valence-electron chi connectivity index (χ0n) is 12.6. The monoisotopic (exact) mass is 385 g/mol. The Balaban J connectivity index is 1.87. The maximum atomic E-state index is 13.6. The molecule has 2 aromatic carbocycles. The Morgan fingerprint density at radius 3 is 2.58 bits per heavy atom. The van der Waals surface area contributed by atoms with E-state index < -0.39 is 11.7 Å². The summed E-state index contributed by atoms with van der Waals surface area (Å²) >= 11 is 17.0. The Hall–Kier alpha value is -1.89. The average Bonchev–Trinajstić information content (AvgIpc) is 2.53. The summed E-state index contributed by atoms with van der Waals surface area (Å²) in [4.78, 5) is 11.9. The summed E-state index contributed by atoms with van der Waals surface area (Å²) in [5, 5.41) is 3.84. The minimum atomic E-state index is -0.535. The summed E-state index contributed by atoms with van der Waals surface area (Å²) in [5.41, 5.74) is 6.66. The van der Waals surface area contributed by atoms with Crippen molar-refractivity contribution in [1.82, 2.24) is 10.9 Å². The van der Waals surface area contributed by atoms with Crippen LogP contribution in [0.25, 0.3) is 0 Å². The summed E-state index contributed by atoms with van der Waals surface area (Å²) in [7, 11) is 0. The standard InChI is InChI=1S/C16H14Cl2FN3OS/c1-9-5-6-10(7-13(9)18)20-16(24)22-21-15(23)8-11-12(17)3-2-4-14(11)19/h2-7H,8H2,1H3,(H,21,23)(H2,20,22,24). The third-order valence-corrected chi connectivity index (χ3v) is 4.11. The van der Waals surface area contributed by atoms with Crippen molar-refractivity contribution in [3.05, 3.63) is 63.4 Å². The van der Waals surface area contributed by atoms with E-state index in [-0.39, 0.29) is 22.1 Å². The van der Waals surface area contributed by atoms with Gasteiger partial charge in [-0.25, -0.2) is 4.39 Å². The molecule has 2 aromatic rings. The van der Waals surface area contributed by atoms with Gasteiger partial charge in [0.15, 0.2) is 5.11 Å². The molecule has 0 bridgehead atoms. The van der Waals surface area contributed by atoms with Crippen LogP contribution in [0.5, 0.6) is 0 Å². The van der Waals surface area contributed by atoms with Gasteiger partial charge in [-0.1, -0.05) is 35.3 Å². The number of amides is 1. The van der Waals surface area contributed by atoms with Gasteiger partial charge in [0.2, 0.25) is 5.91 Å². The van der Waals surface area contributed by atoms with E-state index in [1.807, 2.05) is 13.0 Å². The van der Waals surface area contributed by atoms with E-state index in [2.05, 4.69) is 16.2 Å². The molecule has 0 aliphatic rings. The lowest BCUT2D eigenvalue weighted by Gasteiger charge is -2.13. The number of thiocarbonyl (C=S) groups is 1. The van der Waals surface area contributed by atoms with Crippen LogP contribution in [0.1, 0.15) is 11.1 Å². The maximum absolute atomic E-state index is 13.6. The quantitative estimate of drug-likeness (QED) is 0.551. The van der Waals surface area contributed by atoms with E-state index >= 15 is 0 Å². The van der Waals surface area contributed by atoms with Crippen LogP contribution < -0.4 is 16.2 Å². The van der Waals surface area contributed by atoms with Crippen LogP contribution in [0, 0.1) is 12.7 Å². The average molecular weight is 386 g/mol. The third kappa shape index (κ3) is 5.06. The van der Waals surface area contributed by atoms with Gasteiger partial charge < -0.3 is 5.32 Å². The molecule has 0 aromatic heterocycles. The Kier molecular flexibility index (Phi) is 6.36. The molecular weight excluding hydrogens is 372 g/mol. The van der Waals surface area contributed by atoms with Gasteiger partial charge in [0.1, 0.15) is 5.82 Å². The molecule has 8 heteroatoms. The lowest BCUT2D eigenvalue weighted by molar-refractivity contribution is -0.121. The molecule has 3 N–H and O–H groups in total. The number of nitrogens with one attached hydrogen (secondary N) is 3. The van der Waals surface area contributed by atoms with E-state index in [4.69, 9.17) is 35.4 Å². The van der Waals surface area contributed by atoms with Crippen LogP contribution >= 0.6 is 35.4 Å². The first kappa shape index (κ1) is 18.4. The van der Waals surface area contributed by atoms with Gasteiger partial charge in [-0.3, -0.25) is 15.6 Å². The van der Waals surface area contributed by atoms with Gasteiger partial charge in [-0.05, 0) is 49.0 Å². The zero-order valence-corrected chi connectivity index (χ0v) is 14.9. The highest BCUT2D eigenvalue weighted by Gasteiger charge is 2.12. The Morgan fingerprint density at radius 1 is 1.17 bits per heavy atom. The van der Waals surface area contributed by atoms with Crippen LogP contribution in [0.3, 0.4) is 0 Å². The van der Waals surface area contributed by atoms with Gasteiger partial charge in [0.25, 0.3) is 0 Å². The first-order chi connectivity index (χ1) is 11.4. The Bertz CT molecular complexity index is 766. The van der Waals surface area contributed by atoms with Crippen molar-refractivity contribution in [3.8, 4) is 0 Å². The van der Waals surface area contributed by atoms with Crippen molar-refractivity contribution in [2.45, 2.75) is 13.3 Å². The van der Waals surface area contributed by atoms with Crippen molar-refractivity contribution >= 4 is 52.1 Å². The number of anilines is 1. The number of carbonyl (C=O) groups is 1. The second-order valence-corrected chi connectivity index (χ2v) is 6.19. The van der Waals surface area contributed by atoms with Gasteiger partial charge >= 0.3 is 0 Å². The van der Waals surface area contributed by atoms with Crippen molar-refractivity contribution in [1.29, 1.82) is 0 Å². The second-order valence-electron chi connectivity index (χ2n) is 4.97. The van der Waals surface area contributed by atoms with Crippen LogP contribution in [0.15, 0.2) is 36.4 Å². The molecule has 0 fully saturated rings. The number of aryl methyl sites for hydroxylation is 1. The molecule has 0 aliphatic heterocycles. The first-order valence-electron chi connectivity index (χ1n) is 6.91. The summed E-state index contributed by atoms with van der Waals surface area (Å²) < 4.78 is 13.6. The SMILES string of the molecule is Cc1ccc(NC(=S)NNC(=O)Cc2c(F)cccc2Cl)cc1Cl. The summed E-state index contributed by atoms with van der Waals surface area (Å²) in [6, 6.07) is 9.60. The Morgan fingerprint density at radius 2 is 1.92 bits per heavy atom. The number of rotatable bonds is 3. The molecule has 0 radical (unpaired) electrons. The molecule has 4 nitrogen and oxygen atoms in total. The molecule has 0 unspecified atom stereocenters. The van der Waals surface area contributed by atoms with Gasteiger partial charge in [-0.15, -0.1) is 0 Å². The van der Waals surface area contributed by atoms with Gasteiger partial charge in [-0.2, -0.15) is 0 Å². The molecule has 126 valence electrons. The smallest absolute Gasteiger partial charge is 0.242 e. The molecule has 0 heterocycles. The number of carbonyl (C=O) groups excluding carboxylic acids is 1. The molecular formula is C16H14Cl2FN3OS. The fraction of sp³-hybridized carbons (Fsp3) is 0.125. The van der Waals surface area contributed by atoms with Gasteiger partial charge in [0, 0.05) is 21.3 Å². The summed E-state index contributed by atoms with van der Waals surface area (Å²) in [6.07, 6.45) is -0.211. The zero-order chi connectivity index (χ0) is 17.7. The van der Waals surface area contributed by atoms with E-state index in [0.29, 0.717) is 10.7 Å². The van der Waals surface area contributed by atoms with Crippen LogP contribution in [0.2, 0.25) is 10.0 Å². The van der Waals surface area contributed by atoms with E-state index in [9.17, 15) is 9.18 Å². The number of benzene rings is 2. The topological polar surface area (TPSA) is 53.2 Å². The largest absolute Gasteiger partial charge is 0.331 e. The lowest BCUT2D eigenvalue weighted by atomic mass is 10.1. The first-order valence-corrected chi connectivity index (χ1v) is 8.08. The molecule has 0 saturated carbocycles. The summed E-state index contributed by atoms with van der Waals surface area (Å²) in [6.45, 7) is 1.89. The molecule has 0 atom stereocenters. The number of halogens is 3. The van der Waals surface area contributed by atoms with E-state index in [1.165, 1.54) is 18.2 Å². The van der Waals surface area contributed by atoms with Gasteiger partial charge in [0.05, 0.1) is 6.42 Å². The highest BCUT2D eigenvalue weighted by atomic mass is 35.5. The second kappa shape index (κ2) is 8.28. The molecule has 1 amide bonds. The number of hydrogen-bond acceptors (Lipinski definition) is 2. The van der Waals surface area contributed by atoms with E-state index in [0.717, 1.165) is 5.56 Å². The highest BCUT2D eigenvalue weighted by Crippen LogP contribution is 2.20. The number of hydrazine groups is 1. The van der Waals surface area contributed by atoms with E-state index in [1.54, 1.807) is 12.1 Å². The minimum Gasteiger partial charge on any atom is -0.331 e. The minimum absolute atomic E-state index is 0.127. The predicted octanol–water partition coefficient (Wildman–Crippen LogP) is 4.00. The number of hydrogen-bond donors (Lipinski definition) is 3. The third-order valence-electron chi connectivity index (χ3n) is 3.14. The molecule has 2 rings (SSSR count). The highest BCUT2D eigenvalue weighted by molar-refractivity contribution is 7.80. The molecule has 0 saturated heterocycles. The maximum Gasteiger partial charge on any atom is 0.242 e. The van der Waals surface area contributed by atoms with Crippen molar-refractivity contribution in [2.75, 3.05) is 5.32 Å². The summed E-state index contributed by atoms with van der Waals surface area (Å²) in [5.74, 6) is -1.01. The van der Waals surface area contributed by atoms with Crippen molar-refractivity contribution in [3.63, 3.8) is 0 Å². The Labute approximate surface area is 154 Å². The predicted molar refractivity (Wildman–Crippen MR) is 98.8 cm³/mol. The van der Waals surface area contributed by atoms with Crippen LogP contribution in [0.4, 0.5) is 10.1 Å².